The molecule has 1 aliphatic carbocycles. The van der Waals surface area contributed by atoms with E-state index in [0.29, 0.717) is 17.9 Å². The number of hydrogen-bond acceptors (Lipinski definition) is 3. The first-order chi connectivity index (χ1) is 7.28. The molecule has 2 fully saturated rings. The van der Waals surface area contributed by atoms with E-state index in [9.17, 15) is 0 Å². The van der Waals surface area contributed by atoms with Crippen molar-refractivity contribution < 1.29 is 9.84 Å². The average molecular weight is 215 g/mol. The SMILES string of the molecule is CC.COCC1(CN2CC(CO)C2)CC1. The van der Waals surface area contributed by atoms with Crippen LogP contribution in [0.1, 0.15) is 26.7 Å². The van der Waals surface area contributed by atoms with Crippen molar-refractivity contribution in [2.24, 2.45) is 11.3 Å². The lowest BCUT2D eigenvalue weighted by molar-refractivity contribution is 0.0214. The zero-order valence-corrected chi connectivity index (χ0v) is 10.3. The predicted octanol–water partition coefficient (Wildman–Crippen LogP) is 1.36. The summed E-state index contributed by atoms with van der Waals surface area (Å²) in [6.45, 7) is 8.61. The molecule has 2 aliphatic rings. The van der Waals surface area contributed by atoms with Gasteiger partial charge in [0.25, 0.3) is 0 Å². The Morgan fingerprint density at radius 1 is 1.33 bits per heavy atom. The Labute approximate surface area is 93.4 Å². The first-order valence-electron chi connectivity index (χ1n) is 6.10. The Kier molecular flexibility index (Phi) is 5.03. The molecule has 0 aromatic rings. The van der Waals surface area contributed by atoms with E-state index in [1.807, 2.05) is 13.8 Å². The number of methoxy groups -OCH3 is 1. The maximum atomic E-state index is 8.87. The molecule has 0 aromatic carbocycles. The molecule has 0 aromatic heterocycles. The maximum absolute atomic E-state index is 8.87. The molecule has 0 radical (unpaired) electrons. The molecule has 1 heterocycles. The monoisotopic (exact) mass is 215 g/mol. The van der Waals surface area contributed by atoms with E-state index in [1.54, 1.807) is 7.11 Å². The van der Waals surface area contributed by atoms with Gasteiger partial charge in [-0.25, -0.2) is 0 Å². The van der Waals surface area contributed by atoms with Crippen LogP contribution in [0.25, 0.3) is 0 Å². The summed E-state index contributed by atoms with van der Waals surface area (Å²) in [6, 6.07) is 0. The minimum Gasteiger partial charge on any atom is -0.396 e. The third-order valence-electron chi connectivity index (χ3n) is 3.26. The van der Waals surface area contributed by atoms with Gasteiger partial charge in [-0.1, -0.05) is 13.8 Å². The molecule has 0 amide bonds. The lowest BCUT2D eigenvalue weighted by Gasteiger charge is -2.40. The fourth-order valence-corrected chi connectivity index (χ4v) is 2.23. The van der Waals surface area contributed by atoms with Gasteiger partial charge < -0.3 is 14.7 Å². The summed E-state index contributed by atoms with van der Waals surface area (Å²) < 4.78 is 5.22. The van der Waals surface area contributed by atoms with Crippen molar-refractivity contribution in [2.45, 2.75) is 26.7 Å². The Hall–Kier alpha value is -0.120. The molecule has 0 bridgehead atoms. The largest absolute Gasteiger partial charge is 0.396 e. The van der Waals surface area contributed by atoms with Crippen LogP contribution in [-0.2, 0) is 4.74 Å². The van der Waals surface area contributed by atoms with Crippen LogP contribution in [0.4, 0.5) is 0 Å². The molecule has 1 aliphatic heterocycles. The third-order valence-corrected chi connectivity index (χ3v) is 3.26. The molecule has 0 atom stereocenters. The molecule has 1 saturated carbocycles. The van der Waals surface area contributed by atoms with Gasteiger partial charge in [0.05, 0.1) is 6.61 Å². The van der Waals surface area contributed by atoms with Crippen molar-refractivity contribution in [3.63, 3.8) is 0 Å². The number of likely N-dealkylation sites (tertiary alicyclic amines) is 1. The van der Waals surface area contributed by atoms with Gasteiger partial charge in [0, 0.05) is 44.7 Å². The van der Waals surface area contributed by atoms with E-state index in [1.165, 1.54) is 19.4 Å². The van der Waals surface area contributed by atoms with E-state index >= 15 is 0 Å². The van der Waals surface area contributed by atoms with Gasteiger partial charge in [-0.05, 0) is 12.8 Å². The molecule has 0 unspecified atom stereocenters. The lowest BCUT2D eigenvalue weighted by atomic mass is 9.98. The van der Waals surface area contributed by atoms with Crippen molar-refractivity contribution in [1.29, 1.82) is 0 Å². The Bertz CT molecular complexity index is 174. The fourth-order valence-electron chi connectivity index (χ4n) is 2.23. The lowest BCUT2D eigenvalue weighted by Crippen LogP contribution is -2.50. The van der Waals surface area contributed by atoms with E-state index in [-0.39, 0.29) is 0 Å². The summed E-state index contributed by atoms with van der Waals surface area (Å²) >= 11 is 0. The van der Waals surface area contributed by atoms with Gasteiger partial charge >= 0.3 is 0 Å². The number of rotatable bonds is 5. The van der Waals surface area contributed by atoms with Crippen molar-refractivity contribution >= 4 is 0 Å². The maximum Gasteiger partial charge on any atom is 0.0530 e. The zero-order chi connectivity index (χ0) is 11.3. The Morgan fingerprint density at radius 3 is 2.33 bits per heavy atom. The molecule has 1 N–H and O–H groups in total. The van der Waals surface area contributed by atoms with Crippen LogP contribution in [0.2, 0.25) is 0 Å². The number of nitrogens with zero attached hydrogens (tertiary/aromatic N) is 1. The van der Waals surface area contributed by atoms with Gasteiger partial charge in [-0.3, -0.25) is 0 Å². The second kappa shape index (κ2) is 5.83. The molecule has 3 nitrogen and oxygen atoms in total. The van der Waals surface area contributed by atoms with Gasteiger partial charge in [0.15, 0.2) is 0 Å². The topological polar surface area (TPSA) is 32.7 Å². The van der Waals surface area contributed by atoms with Crippen LogP contribution in [0.5, 0.6) is 0 Å². The van der Waals surface area contributed by atoms with Gasteiger partial charge in [-0.2, -0.15) is 0 Å². The third kappa shape index (κ3) is 3.44. The summed E-state index contributed by atoms with van der Waals surface area (Å²) in [4.78, 5) is 2.44. The van der Waals surface area contributed by atoms with Crippen LogP contribution < -0.4 is 0 Å². The molecular formula is C12H25NO2. The Balaban J connectivity index is 0.000000531. The average Bonchev–Trinajstić information content (AvgIpc) is 2.95. The van der Waals surface area contributed by atoms with Crippen LogP contribution in [0, 0.1) is 11.3 Å². The summed E-state index contributed by atoms with van der Waals surface area (Å²) in [5.41, 5.74) is 0.481. The Morgan fingerprint density at radius 2 is 1.93 bits per heavy atom. The summed E-state index contributed by atoms with van der Waals surface area (Å²) in [5, 5.41) is 8.87. The zero-order valence-electron chi connectivity index (χ0n) is 10.3. The standard InChI is InChI=1S/C10H19NO2.C2H6/c1-13-8-10(2-3-10)7-11-4-9(5-11)6-12;1-2/h9,12H,2-8H2,1H3;1-2H3. The van der Waals surface area contributed by atoms with Crippen molar-refractivity contribution in [1.82, 2.24) is 4.90 Å². The van der Waals surface area contributed by atoms with Crippen LogP contribution in [-0.4, -0.2) is 50.0 Å². The smallest absolute Gasteiger partial charge is 0.0530 e. The minimum absolute atomic E-state index is 0.355. The second-order valence-electron chi connectivity index (χ2n) is 4.68. The quantitative estimate of drug-likeness (QED) is 0.751. The first-order valence-corrected chi connectivity index (χ1v) is 6.10. The summed E-state index contributed by atoms with van der Waals surface area (Å²) in [7, 11) is 1.78. The predicted molar refractivity (Wildman–Crippen MR) is 61.9 cm³/mol. The van der Waals surface area contributed by atoms with Crippen LogP contribution >= 0.6 is 0 Å². The van der Waals surface area contributed by atoms with Gasteiger partial charge in [0.1, 0.15) is 0 Å². The summed E-state index contributed by atoms with van der Waals surface area (Å²) in [6.07, 6.45) is 2.64. The van der Waals surface area contributed by atoms with Crippen molar-refractivity contribution in [3.05, 3.63) is 0 Å². The highest BCUT2D eigenvalue weighted by Gasteiger charge is 2.45. The van der Waals surface area contributed by atoms with E-state index in [4.69, 9.17) is 9.84 Å². The van der Waals surface area contributed by atoms with Crippen molar-refractivity contribution in [2.75, 3.05) is 40.0 Å². The highest BCUT2D eigenvalue weighted by molar-refractivity contribution is 4.97. The van der Waals surface area contributed by atoms with E-state index in [0.717, 1.165) is 19.7 Å². The first kappa shape index (κ1) is 12.9. The molecule has 15 heavy (non-hydrogen) atoms. The number of hydrogen-bond donors (Lipinski definition) is 1. The molecular weight excluding hydrogens is 190 g/mol. The number of aliphatic hydroxyl groups excluding tert-OH is 1. The highest BCUT2D eigenvalue weighted by atomic mass is 16.5. The van der Waals surface area contributed by atoms with Crippen LogP contribution in [0.15, 0.2) is 0 Å². The van der Waals surface area contributed by atoms with E-state index < -0.39 is 0 Å². The van der Waals surface area contributed by atoms with Gasteiger partial charge in [0.2, 0.25) is 0 Å². The molecule has 3 heteroatoms. The van der Waals surface area contributed by atoms with Crippen LogP contribution in [0.3, 0.4) is 0 Å². The minimum atomic E-state index is 0.355. The number of aliphatic hydroxyl groups is 1. The van der Waals surface area contributed by atoms with Crippen molar-refractivity contribution in [3.8, 4) is 0 Å². The number of ether oxygens (including phenoxy) is 1. The molecule has 2 rings (SSSR count). The summed E-state index contributed by atoms with van der Waals surface area (Å²) in [5.74, 6) is 0.540. The van der Waals surface area contributed by atoms with E-state index in [2.05, 4.69) is 4.90 Å². The molecule has 0 spiro atoms. The highest BCUT2D eigenvalue weighted by Crippen LogP contribution is 2.47. The molecule has 1 saturated heterocycles. The molecule has 90 valence electrons. The fraction of sp³-hybridized carbons (Fsp3) is 1.00. The van der Waals surface area contributed by atoms with Gasteiger partial charge in [-0.15, -0.1) is 0 Å². The normalized spacial score (nSPS) is 24.0. The second-order valence-corrected chi connectivity index (χ2v) is 4.68.